The van der Waals surface area contributed by atoms with Gasteiger partial charge in [0.15, 0.2) is 0 Å². The largest absolute Gasteiger partial charge is 0.384 e. The van der Waals surface area contributed by atoms with E-state index >= 15 is 0 Å². The first-order valence-electron chi connectivity index (χ1n) is 5.69. The van der Waals surface area contributed by atoms with Crippen molar-refractivity contribution in [2.45, 2.75) is 20.0 Å². The van der Waals surface area contributed by atoms with Crippen molar-refractivity contribution >= 4 is 11.6 Å². The van der Waals surface area contributed by atoms with E-state index < -0.39 is 6.10 Å². The van der Waals surface area contributed by atoms with Gasteiger partial charge in [-0.25, -0.2) is 4.39 Å². The minimum atomic E-state index is -0.788. The van der Waals surface area contributed by atoms with Gasteiger partial charge >= 0.3 is 0 Å². The number of aliphatic hydroxyl groups is 1. The van der Waals surface area contributed by atoms with Gasteiger partial charge in [0.1, 0.15) is 11.9 Å². The Bertz CT molecular complexity index is 581. The summed E-state index contributed by atoms with van der Waals surface area (Å²) in [6, 6.07) is 9.79. The minimum absolute atomic E-state index is 0.301. The van der Waals surface area contributed by atoms with E-state index in [9.17, 15) is 9.50 Å². The molecule has 0 aliphatic rings. The van der Waals surface area contributed by atoms with Crippen molar-refractivity contribution in [3.8, 4) is 0 Å². The molecule has 0 spiro atoms. The average Bonchev–Trinajstić information content (AvgIpc) is 2.32. The Morgan fingerprint density at radius 1 is 1.06 bits per heavy atom. The highest BCUT2D eigenvalue weighted by Gasteiger charge is 2.14. The monoisotopic (exact) mass is 264 g/mol. The lowest BCUT2D eigenvalue weighted by Crippen LogP contribution is -2.02. The normalized spacial score (nSPS) is 12.5. The molecular weight excluding hydrogens is 251 g/mol. The molecule has 0 aromatic heterocycles. The van der Waals surface area contributed by atoms with Crippen LogP contribution in [0.1, 0.15) is 28.4 Å². The van der Waals surface area contributed by atoms with Crippen molar-refractivity contribution in [1.29, 1.82) is 0 Å². The van der Waals surface area contributed by atoms with Crippen molar-refractivity contribution in [3.05, 3.63) is 69.5 Å². The molecule has 94 valence electrons. The fourth-order valence-electron chi connectivity index (χ4n) is 1.90. The van der Waals surface area contributed by atoms with Gasteiger partial charge in [0.2, 0.25) is 0 Å². The van der Waals surface area contributed by atoms with Crippen LogP contribution < -0.4 is 0 Å². The highest BCUT2D eigenvalue weighted by Crippen LogP contribution is 2.28. The van der Waals surface area contributed by atoms with E-state index in [0.29, 0.717) is 16.1 Å². The van der Waals surface area contributed by atoms with E-state index in [1.165, 1.54) is 12.1 Å². The van der Waals surface area contributed by atoms with Gasteiger partial charge in [-0.05, 0) is 54.3 Å². The van der Waals surface area contributed by atoms with Crippen LogP contribution in [0.25, 0.3) is 0 Å². The Hall–Kier alpha value is -1.38. The molecule has 0 radical (unpaired) electrons. The molecule has 2 aromatic carbocycles. The summed E-state index contributed by atoms with van der Waals surface area (Å²) >= 11 is 6.04. The van der Waals surface area contributed by atoms with E-state index in [-0.39, 0.29) is 5.82 Å². The predicted molar refractivity (Wildman–Crippen MR) is 71.4 cm³/mol. The Morgan fingerprint density at radius 3 is 2.39 bits per heavy atom. The van der Waals surface area contributed by atoms with Crippen LogP contribution in [-0.4, -0.2) is 5.11 Å². The third-order valence-electron chi connectivity index (χ3n) is 3.04. The first-order valence-corrected chi connectivity index (χ1v) is 6.07. The summed E-state index contributed by atoms with van der Waals surface area (Å²) < 4.78 is 13.0. The molecule has 1 atom stereocenters. The summed E-state index contributed by atoms with van der Waals surface area (Å²) in [5.74, 6) is -0.301. The molecule has 2 aromatic rings. The van der Waals surface area contributed by atoms with Gasteiger partial charge in [-0.1, -0.05) is 29.8 Å². The quantitative estimate of drug-likeness (QED) is 0.863. The number of hydrogen-bond donors (Lipinski definition) is 1. The summed E-state index contributed by atoms with van der Waals surface area (Å²) in [7, 11) is 0. The van der Waals surface area contributed by atoms with Crippen LogP contribution in [0.4, 0.5) is 4.39 Å². The van der Waals surface area contributed by atoms with Gasteiger partial charge in [0.25, 0.3) is 0 Å². The van der Waals surface area contributed by atoms with E-state index in [1.54, 1.807) is 19.1 Å². The SMILES string of the molecule is Cc1ccc(C(O)c2ccc(F)cc2C)cc1Cl. The van der Waals surface area contributed by atoms with Crippen molar-refractivity contribution in [1.82, 2.24) is 0 Å². The van der Waals surface area contributed by atoms with Crippen LogP contribution in [0.2, 0.25) is 5.02 Å². The number of aryl methyl sites for hydroxylation is 2. The fraction of sp³-hybridized carbons (Fsp3) is 0.200. The number of halogens is 2. The maximum absolute atomic E-state index is 13.0. The second kappa shape index (κ2) is 5.09. The number of benzene rings is 2. The molecule has 0 bridgehead atoms. The molecule has 0 heterocycles. The smallest absolute Gasteiger partial charge is 0.123 e. The second-order valence-corrected chi connectivity index (χ2v) is 4.82. The molecular formula is C15H14ClFO. The van der Waals surface area contributed by atoms with Gasteiger partial charge in [0, 0.05) is 5.02 Å². The van der Waals surface area contributed by atoms with Gasteiger partial charge in [-0.2, -0.15) is 0 Å². The lowest BCUT2D eigenvalue weighted by atomic mass is 9.97. The molecule has 0 amide bonds. The van der Waals surface area contributed by atoms with E-state index in [1.807, 2.05) is 19.1 Å². The van der Waals surface area contributed by atoms with E-state index in [2.05, 4.69) is 0 Å². The molecule has 1 unspecified atom stereocenters. The molecule has 18 heavy (non-hydrogen) atoms. The third kappa shape index (κ3) is 2.55. The van der Waals surface area contributed by atoms with Crippen molar-refractivity contribution < 1.29 is 9.50 Å². The highest BCUT2D eigenvalue weighted by molar-refractivity contribution is 6.31. The maximum atomic E-state index is 13.0. The number of rotatable bonds is 2. The van der Waals surface area contributed by atoms with Crippen molar-refractivity contribution in [3.63, 3.8) is 0 Å². The van der Waals surface area contributed by atoms with Crippen LogP contribution in [0.3, 0.4) is 0 Å². The van der Waals surface area contributed by atoms with Gasteiger partial charge in [-0.3, -0.25) is 0 Å². The van der Waals surface area contributed by atoms with Crippen LogP contribution in [0, 0.1) is 19.7 Å². The predicted octanol–water partition coefficient (Wildman–Crippen LogP) is 4.18. The fourth-order valence-corrected chi connectivity index (χ4v) is 2.09. The minimum Gasteiger partial charge on any atom is -0.384 e. The zero-order valence-electron chi connectivity index (χ0n) is 10.2. The summed E-state index contributed by atoms with van der Waals surface area (Å²) in [5, 5.41) is 10.9. The lowest BCUT2D eigenvalue weighted by Gasteiger charge is -2.15. The average molecular weight is 265 g/mol. The zero-order valence-corrected chi connectivity index (χ0v) is 11.0. The summed E-state index contributed by atoms with van der Waals surface area (Å²) in [5.41, 5.74) is 3.08. The Balaban J connectivity index is 2.41. The van der Waals surface area contributed by atoms with Crippen LogP contribution in [0.5, 0.6) is 0 Å². The standard InChI is InChI=1S/C15H14ClFO/c1-9-3-4-11(8-14(9)16)15(18)13-6-5-12(17)7-10(13)2/h3-8,15,18H,1-2H3. The second-order valence-electron chi connectivity index (χ2n) is 4.41. The molecule has 1 nitrogen and oxygen atoms in total. The van der Waals surface area contributed by atoms with Gasteiger partial charge in [-0.15, -0.1) is 0 Å². The van der Waals surface area contributed by atoms with Crippen LogP contribution >= 0.6 is 11.6 Å². The zero-order chi connectivity index (χ0) is 13.3. The molecule has 2 rings (SSSR count). The summed E-state index contributed by atoms with van der Waals surface area (Å²) in [6.45, 7) is 3.68. The molecule has 0 fully saturated rings. The third-order valence-corrected chi connectivity index (χ3v) is 3.45. The molecule has 0 saturated heterocycles. The Labute approximate surface area is 111 Å². The first-order chi connectivity index (χ1) is 8.49. The van der Waals surface area contributed by atoms with Crippen LogP contribution in [-0.2, 0) is 0 Å². The Morgan fingerprint density at radius 2 is 1.78 bits per heavy atom. The Kier molecular flexibility index (Phi) is 3.69. The molecule has 0 aliphatic carbocycles. The molecule has 3 heteroatoms. The summed E-state index contributed by atoms with van der Waals surface area (Å²) in [6.07, 6.45) is -0.788. The van der Waals surface area contributed by atoms with Crippen LogP contribution in [0.15, 0.2) is 36.4 Å². The number of hydrogen-bond acceptors (Lipinski definition) is 1. The molecule has 0 saturated carbocycles. The lowest BCUT2D eigenvalue weighted by molar-refractivity contribution is 0.219. The van der Waals surface area contributed by atoms with Gasteiger partial charge in [0.05, 0.1) is 0 Å². The van der Waals surface area contributed by atoms with E-state index in [4.69, 9.17) is 11.6 Å². The van der Waals surface area contributed by atoms with Crippen molar-refractivity contribution in [2.24, 2.45) is 0 Å². The topological polar surface area (TPSA) is 20.2 Å². The molecule has 0 aliphatic heterocycles. The molecule has 1 N–H and O–H groups in total. The van der Waals surface area contributed by atoms with E-state index in [0.717, 1.165) is 11.1 Å². The van der Waals surface area contributed by atoms with Crippen molar-refractivity contribution in [2.75, 3.05) is 0 Å². The summed E-state index contributed by atoms with van der Waals surface area (Å²) in [4.78, 5) is 0. The van der Waals surface area contributed by atoms with Gasteiger partial charge < -0.3 is 5.11 Å². The highest BCUT2D eigenvalue weighted by atomic mass is 35.5. The maximum Gasteiger partial charge on any atom is 0.123 e. The first kappa shape index (κ1) is 13.1. The number of aliphatic hydroxyl groups excluding tert-OH is 1.